The van der Waals surface area contributed by atoms with E-state index >= 15 is 0 Å². The Balaban J connectivity index is 1.14. The van der Waals surface area contributed by atoms with Gasteiger partial charge < -0.3 is 19.8 Å². The number of nitrogens with zero attached hydrogens (tertiary/aromatic N) is 1. The van der Waals surface area contributed by atoms with E-state index in [0.29, 0.717) is 63.0 Å². The molecule has 1 heterocycles. The van der Waals surface area contributed by atoms with Crippen LogP contribution in [0, 0.1) is 11.8 Å². The number of aromatic carboxylic acids is 1. The molecule has 1 aliphatic heterocycles. The average molecular weight is 587 g/mol. The zero-order chi connectivity index (χ0) is 27.3. The summed E-state index contributed by atoms with van der Waals surface area (Å²) in [6.45, 7) is 0.315. The van der Waals surface area contributed by atoms with Crippen LogP contribution in [0.3, 0.4) is 0 Å². The summed E-state index contributed by atoms with van der Waals surface area (Å²) in [4.78, 5) is 16.9. The van der Waals surface area contributed by atoms with E-state index in [1.807, 2.05) is 12.1 Å². The van der Waals surface area contributed by atoms with E-state index in [4.69, 9.17) is 49.5 Å². The SMILES string of the molecule is O=C(O)c1ccc(C2CC(O)(c3ccc(OCC4C(c5c(Cl)cccc5Cl)=NOC4C4CC4)cc3Cl)C2)cc1. The summed E-state index contributed by atoms with van der Waals surface area (Å²) in [7, 11) is 0. The quantitative estimate of drug-likeness (QED) is 0.289. The molecule has 2 unspecified atom stereocenters. The summed E-state index contributed by atoms with van der Waals surface area (Å²) < 4.78 is 6.19. The highest BCUT2D eigenvalue weighted by Crippen LogP contribution is 2.52. The summed E-state index contributed by atoms with van der Waals surface area (Å²) in [6, 6.07) is 17.5. The molecule has 0 aromatic heterocycles. The number of carbonyl (C=O) groups is 1. The molecule has 3 aliphatic rings. The summed E-state index contributed by atoms with van der Waals surface area (Å²) >= 11 is 19.6. The van der Waals surface area contributed by atoms with Gasteiger partial charge in [-0.25, -0.2) is 4.79 Å². The Morgan fingerprint density at radius 3 is 2.31 bits per heavy atom. The molecule has 2 N–H and O–H groups in total. The highest BCUT2D eigenvalue weighted by molar-refractivity contribution is 6.40. The maximum absolute atomic E-state index is 11.3. The second kappa shape index (κ2) is 10.3. The predicted molar refractivity (Wildman–Crippen MR) is 150 cm³/mol. The number of aliphatic hydroxyl groups is 1. The molecule has 6 rings (SSSR count). The molecule has 2 atom stereocenters. The van der Waals surface area contributed by atoms with Gasteiger partial charge in [-0.3, -0.25) is 0 Å². The molecule has 2 fully saturated rings. The Labute approximate surface area is 241 Å². The second-order valence-corrected chi connectivity index (χ2v) is 11.8. The van der Waals surface area contributed by atoms with Gasteiger partial charge >= 0.3 is 5.97 Å². The first-order valence-corrected chi connectivity index (χ1v) is 14.0. The van der Waals surface area contributed by atoms with Gasteiger partial charge in [-0.15, -0.1) is 0 Å². The van der Waals surface area contributed by atoms with Crippen molar-refractivity contribution in [2.75, 3.05) is 6.61 Å². The van der Waals surface area contributed by atoms with Gasteiger partial charge in [0, 0.05) is 11.1 Å². The van der Waals surface area contributed by atoms with Crippen molar-refractivity contribution in [1.82, 2.24) is 0 Å². The van der Waals surface area contributed by atoms with Crippen molar-refractivity contribution in [3.05, 3.63) is 98.0 Å². The molecule has 0 radical (unpaired) electrons. The van der Waals surface area contributed by atoms with E-state index in [9.17, 15) is 9.90 Å². The van der Waals surface area contributed by atoms with E-state index in [-0.39, 0.29) is 23.5 Å². The third-order valence-corrected chi connectivity index (χ3v) is 8.94. The topological polar surface area (TPSA) is 88.4 Å². The van der Waals surface area contributed by atoms with Crippen molar-refractivity contribution in [3.63, 3.8) is 0 Å². The third kappa shape index (κ3) is 5.11. The highest BCUT2D eigenvalue weighted by atomic mass is 35.5. The van der Waals surface area contributed by atoms with Crippen molar-refractivity contribution >= 4 is 46.5 Å². The maximum atomic E-state index is 11.3. The van der Waals surface area contributed by atoms with Gasteiger partial charge in [-0.05, 0) is 79.5 Å². The van der Waals surface area contributed by atoms with Crippen LogP contribution >= 0.6 is 34.8 Å². The molecule has 0 saturated heterocycles. The number of carboxylic acid groups (broad SMARTS) is 1. The van der Waals surface area contributed by atoms with Crippen LogP contribution in [0.4, 0.5) is 0 Å². The predicted octanol–water partition coefficient (Wildman–Crippen LogP) is 7.32. The van der Waals surface area contributed by atoms with Crippen LogP contribution in [0.2, 0.25) is 15.1 Å². The van der Waals surface area contributed by atoms with Crippen molar-refractivity contribution in [1.29, 1.82) is 0 Å². The van der Waals surface area contributed by atoms with Crippen LogP contribution < -0.4 is 4.74 Å². The molecule has 0 spiro atoms. The minimum Gasteiger partial charge on any atom is -0.493 e. The molecule has 9 heteroatoms. The van der Waals surface area contributed by atoms with Crippen molar-refractivity contribution < 1.29 is 24.6 Å². The molecule has 2 saturated carbocycles. The average Bonchev–Trinajstić information content (AvgIpc) is 3.66. The first kappa shape index (κ1) is 26.5. The number of rotatable bonds is 8. The van der Waals surface area contributed by atoms with Crippen LogP contribution in [0.15, 0.2) is 65.8 Å². The first-order chi connectivity index (χ1) is 18.7. The molecule has 0 bridgehead atoms. The fraction of sp³-hybridized carbons (Fsp3) is 0.333. The number of hydrogen-bond acceptors (Lipinski definition) is 5. The van der Waals surface area contributed by atoms with E-state index < -0.39 is 11.6 Å². The largest absolute Gasteiger partial charge is 0.493 e. The molecule has 2 aliphatic carbocycles. The van der Waals surface area contributed by atoms with Gasteiger partial charge in [0.2, 0.25) is 0 Å². The van der Waals surface area contributed by atoms with E-state index in [1.165, 1.54) is 0 Å². The molecule has 6 nitrogen and oxygen atoms in total. The van der Waals surface area contributed by atoms with Crippen molar-refractivity contribution in [2.45, 2.75) is 43.3 Å². The Hall–Kier alpha value is -2.77. The smallest absolute Gasteiger partial charge is 0.335 e. The Kier molecular flexibility index (Phi) is 7.00. The van der Waals surface area contributed by atoms with Gasteiger partial charge in [0.15, 0.2) is 0 Å². The third-order valence-electron chi connectivity index (χ3n) is 7.99. The number of ether oxygens (including phenoxy) is 1. The van der Waals surface area contributed by atoms with Crippen LogP contribution in [0.5, 0.6) is 5.75 Å². The lowest BCUT2D eigenvalue weighted by atomic mass is 9.65. The number of halogens is 3. The molecule has 3 aromatic carbocycles. The minimum absolute atomic E-state index is 0.0979. The second-order valence-electron chi connectivity index (χ2n) is 10.6. The molecular formula is C30H26Cl3NO5. The number of carboxylic acids is 1. The first-order valence-electron chi connectivity index (χ1n) is 12.9. The van der Waals surface area contributed by atoms with Crippen LogP contribution in [-0.4, -0.2) is 34.6 Å². The van der Waals surface area contributed by atoms with Gasteiger partial charge in [-0.1, -0.05) is 64.2 Å². The standard InChI is InChI=1S/C30H26Cl3NO5/c31-23-2-1-3-24(32)26(23)27-21(28(39-34-27)17-6-7-17)15-38-20-10-11-22(25(33)12-20)30(37)13-19(14-30)16-4-8-18(9-5-16)29(35)36/h1-5,8-12,17,19,21,28,37H,6-7,13-15H2,(H,35,36). The lowest BCUT2D eigenvalue weighted by Gasteiger charge is -2.44. The van der Waals surface area contributed by atoms with Crippen LogP contribution in [-0.2, 0) is 10.4 Å². The number of hydrogen-bond donors (Lipinski definition) is 2. The zero-order valence-corrected chi connectivity index (χ0v) is 23.1. The van der Waals surface area contributed by atoms with Crippen molar-refractivity contribution in [3.8, 4) is 5.75 Å². The van der Waals surface area contributed by atoms with E-state index in [2.05, 4.69) is 5.16 Å². The lowest BCUT2D eigenvalue weighted by molar-refractivity contribution is -0.0549. The normalized spacial score (nSPS) is 25.9. The summed E-state index contributed by atoms with van der Waals surface area (Å²) in [5.41, 5.74) is 2.21. The van der Waals surface area contributed by atoms with Gasteiger partial charge in [-0.2, -0.15) is 0 Å². The van der Waals surface area contributed by atoms with Gasteiger partial charge in [0.1, 0.15) is 24.2 Å². The van der Waals surface area contributed by atoms with Gasteiger partial charge in [0.25, 0.3) is 0 Å². The molecule has 39 heavy (non-hydrogen) atoms. The highest BCUT2D eigenvalue weighted by Gasteiger charge is 2.47. The Morgan fingerprint density at radius 2 is 1.69 bits per heavy atom. The lowest BCUT2D eigenvalue weighted by Crippen LogP contribution is -2.40. The minimum atomic E-state index is -1.05. The molecular weight excluding hydrogens is 561 g/mol. The van der Waals surface area contributed by atoms with E-state index in [0.717, 1.165) is 18.4 Å². The molecule has 0 amide bonds. The number of benzene rings is 3. The van der Waals surface area contributed by atoms with Crippen molar-refractivity contribution in [2.24, 2.45) is 17.0 Å². The van der Waals surface area contributed by atoms with Crippen LogP contribution in [0.1, 0.15) is 58.6 Å². The summed E-state index contributed by atoms with van der Waals surface area (Å²) in [5, 5.41) is 26.2. The van der Waals surface area contributed by atoms with E-state index in [1.54, 1.807) is 48.5 Å². The Bertz CT molecular complexity index is 1430. The fourth-order valence-corrected chi connectivity index (χ4v) is 6.60. The Morgan fingerprint density at radius 1 is 1.00 bits per heavy atom. The zero-order valence-electron chi connectivity index (χ0n) is 20.8. The number of oxime groups is 1. The summed E-state index contributed by atoms with van der Waals surface area (Å²) in [5.74, 6) is 0.0329. The maximum Gasteiger partial charge on any atom is 0.335 e. The fourth-order valence-electron chi connectivity index (χ4n) is 5.66. The van der Waals surface area contributed by atoms with Crippen LogP contribution in [0.25, 0.3) is 0 Å². The van der Waals surface area contributed by atoms with Gasteiger partial charge in [0.05, 0.1) is 32.2 Å². The molecule has 202 valence electrons. The monoisotopic (exact) mass is 585 g/mol. The molecule has 3 aromatic rings. The summed E-state index contributed by atoms with van der Waals surface area (Å²) in [6.07, 6.45) is 3.08.